The first-order chi connectivity index (χ1) is 14.0. The SMILES string of the molecule is Fc1cnc(-c2ccnc(F)c2)c(CNc2nnnn2-c2cccc(Cl)c2Cl)c1. The number of benzene rings is 1. The molecule has 0 aliphatic carbocycles. The Morgan fingerprint density at radius 3 is 2.76 bits per heavy atom. The minimum absolute atomic E-state index is 0.114. The highest BCUT2D eigenvalue weighted by Crippen LogP contribution is 2.29. The monoisotopic (exact) mass is 433 g/mol. The van der Waals surface area contributed by atoms with Crippen molar-refractivity contribution in [1.29, 1.82) is 0 Å². The van der Waals surface area contributed by atoms with Crippen molar-refractivity contribution in [1.82, 2.24) is 30.2 Å². The van der Waals surface area contributed by atoms with Gasteiger partial charge in [0, 0.05) is 29.9 Å². The quantitative estimate of drug-likeness (QED) is 0.472. The summed E-state index contributed by atoms with van der Waals surface area (Å²) < 4.78 is 28.7. The van der Waals surface area contributed by atoms with E-state index in [1.54, 1.807) is 24.3 Å². The van der Waals surface area contributed by atoms with Crippen molar-refractivity contribution in [3.63, 3.8) is 0 Å². The van der Waals surface area contributed by atoms with Crippen LogP contribution in [-0.2, 0) is 6.54 Å². The van der Waals surface area contributed by atoms with E-state index in [1.165, 1.54) is 23.0 Å². The van der Waals surface area contributed by atoms with Crippen LogP contribution in [0.15, 0.2) is 48.8 Å². The first-order valence-corrected chi connectivity index (χ1v) is 9.01. The Morgan fingerprint density at radius 2 is 1.93 bits per heavy atom. The second-order valence-electron chi connectivity index (χ2n) is 5.87. The van der Waals surface area contributed by atoms with Crippen molar-refractivity contribution in [2.45, 2.75) is 6.54 Å². The molecule has 0 saturated heterocycles. The van der Waals surface area contributed by atoms with Crippen LogP contribution in [0.4, 0.5) is 14.7 Å². The minimum atomic E-state index is -0.660. The number of halogens is 4. The van der Waals surface area contributed by atoms with Crippen LogP contribution in [0.5, 0.6) is 0 Å². The molecule has 0 aliphatic rings. The number of rotatable bonds is 5. The van der Waals surface area contributed by atoms with Crippen LogP contribution in [0.3, 0.4) is 0 Å². The van der Waals surface area contributed by atoms with Crippen molar-refractivity contribution in [3.05, 3.63) is 76.2 Å². The van der Waals surface area contributed by atoms with E-state index in [0.29, 0.717) is 27.5 Å². The molecular weight excluding hydrogens is 423 g/mol. The molecule has 4 rings (SSSR count). The van der Waals surface area contributed by atoms with E-state index in [2.05, 4.69) is 30.8 Å². The lowest BCUT2D eigenvalue weighted by atomic mass is 10.1. The predicted molar refractivity (Wildman–Crippen MR) is 104 cm³/mol. The molecule has 0 spiro atoms. The molecule has 11 heteroatoms. The Bertz CT molecular complexity index is 1180. The zero-order valence-corrected chi connectivity index (χ0v) is 16.0. The van der Waals surface area contributed by atoms with Crippen LogP contribution in [0.1, 0.15) is 5.56 Å². The van der Waals surface area contributed by atoms with Gasteiger partial charge in [0.1, 0.15) is 5.82 Å². The molecule has 29 heavy (non-hydrogen) atoms. The lowest BCUT2D eigenvalue weighted by molar-refractivity contribution is 0.584. The maximum Gasteiger partial charge on any atom is 0.248 e. The fourth-order valence-electron chi connectivity index (χ4n) is 2.72. The second kappa shape index (κ2) is 8.06. The summed E-state index contributed by atoms with van der Waals surface area (Å²) in [6.07, 6.45) is 2.38. The summed E-state index contributed by atoms with van der Waals surface area (Å²) >= 11 is 12.3. The van der Waals surface area contributed by atoms with Gasteiger partial charge in [-0.1, -0.05) is 34.4 Å². The van der Waals surface area contributed by atoms with E-state index < -0.39 is 11.8 Å². The van der Waals surface area contributed by atoms with Gasteiger partial charge in [-0.15, -0.1) is 0 Å². The van der Waals surface area contributed by atoms with Gasteiger partial charge in [-0.05, 0) is 34.7 Å². The normalized spacial score (nSPS) is 10.9. The zero-order valence-electron chi connectivity index (χ0n) is 14.5. The van der Waals surface area contributed by atoms with E-state index in [9.17, 15) is 8.78 Å². The molecule has 7 nitrogen and oxygen atoms in total. The third-order valence-electron chi connectivity index (χ3n) is 4.00. The number of aromatic nitrogens is 6. The molecular formula is C18H11Cl2F2N7. The van der Waals surface area contributed by atoms with Gasteiger partial charge in [0.25, 0.3) is 0 Å². The fourth-order valence-corrected chi connectivity index (χ4v) is 3.09. The van der Waals surface area contributed by atoms with E-state index in [4.69, 9.17) is 23.2 Å². The molecule has 3 aromatic heterocycles. The number of hydrogen-bond donors (Lipinski definition) is 1. The van der Waals surface area contributed by atoms with Crippen molar-refractivity contribution in [2.75, 3.05) is 5.32 Å². The molecule has 1 N–H and O–H groups in total. The smallest absolute Gasteiger partial charge is 0.248 e. The van der Waals surface area contributed by atoms with Gasteiger partial charge in [-0.3, -0.25) is 4.98 Å². The first-order valence-electron chi connectivity index (χ1n) is 8.26. The Labute approximate surface area is 173 Å². The zero-order chi connectivity index (χ0) is 20.4. The number of hydrogen-bond acceptors (Lipinski definition) is 6. The number of anilines is 1. The maximum absolute atomic E-state index is 13.8. The summed E-state index contributed by atoms with van der Waals surface area (Å²) in [6, 6.07) is 9.16. The lowest BCUT2D eigenvalue weighted by Crippen LogP contribution is -2.09. The summed E-state index contributed by atoms with van der Waals surface area (Å²) in [7, 11) is 0. The molecule has 0 radical (unpaired) electrons. The summed E-state index contributed by atoms with van der Waals surface area (Å²) in [5.41, 5.74) is 1.81. The van der Waals surface area contributed by atoms with Crippen molar-refractivity contribution in [2.24, 2.45) is 0 Å². The standard InChI is InChI=1S/C18H11Cl2F2N7/c19-13-2-1-3-14(16(13)20)29-18(26-27-28-29)25-8-11-6-12(21)9-24-17(11)10-4-5-23-15(22)7-10/h1-7,9H,8H2,(H,25,26,28). The van der Waals surface area contributed by atoms with Crippen molar-refractivity contribution in [3.8, 4) is 16.9 Å². The summed E-state index contributed by atoms with van der Waals surface area (Å²) in [6.45, 7) is 0.114. The van der Waals surface area contributed by atoms with Gasteiger partial charge in [-0.2, -0.15) is 9.07 Å². The minimum Gasteiger partial charge on any atom is -0.349 e. The van der Waals surface area contributed by atoms with Crippen molar-refractivity contribution < 1.29 is 8.78 Å². The summed E-state index contributed by atoms with van der Waals surface area (Å²) in [4.78, 5) is 7.61. The highest BCUT2D eigenvalue weighted by molar-refractivity contribution is 6.43. The molecule has 0 saturated carbocycles. The average molecular weight is 434 g/mol. The molecule has 3 heterocycles. The van der Waals surface area contributed by atoms with E-state index in [-0.39, 0.29) is 17.5 Å². The lowest BCUT2D eigenvalue weighted by Gasteiger charge is -2.12. The Hall–Kier alpha value is -3.17. The molecule has 0 unspecified atom stereocenters. The van der Waals surface area contributed by atoms with E-state index in [0.717, 1.165) is 6.20 Å². The number of tetrazole rings is 1. The topological polar surface area (TPSA) is 81.4 Å². The number of nitrogens with one attached hydrogen (secondary N) is 1. The predicted octanol–water partition coefficient (Wildman–Crippen LogP) is 4.32. The van der Waals surface area contributed by atoms with Crippen LogP contribution in [0.25, 0.3) is 16.9 Å². The van der Waals surface area contributed by atoms with E-state index >= 15 is 0 Å². The highest BCUT2D eigenvalue weighted by Gasteiger charge is 2.15. The molecule has 146 valence electrons. The molecule has 0 fully saturated rings. The summed E-state index contributed by atoms with van der Waals surface area (Å²) in [5.74, 6) is -0.935. The molecule has 0 bridgehead atoms. The Morgan fingerprint density at radius 1 is 1.07 bits per heavy atom. The Balaban J connectivity index is 1.65. The third kappa shape index (κ3) is 4.01. The molecule has 0 atom stereocenters. The largest absolute Gasteiger partial charge is 0.349 e. The second-order valence-corrected chi connectivity index (χ2v) is 6.65. The van der Waals surface area contributed by atoms with Gasteiger partial charge in [0.2, 0.25) is 11.9 Å². The molecule has 0 aliphatic heterocycles. The van der Waals surface area contributed by atoms with Crippen LogP contribution in [0, 0.1) is 11.8 Å². The summed E-state index contributed by atoms with van der Waals surface area (Å²) in [5, 5.41) is 15.1. The van der Waals surface area contributed by atoms with Crippen LogP contribution in [-0.4, -0.2) is 30.2 Å². The fraction of sp³-hybridized carbons (Fsp3) is 0.0556. The van der Waals surface area contributed by atoms with Crippen LogP contribution < -0.4 is 5.32 Å². The molecule has 0 amide bonds. The van der Waals surface area contributed by atoms with Gasteiger partial charge < -0.3 is 5.32 Å². The Kier molecular flexibility index (Phi) is 5.32. The average Bonchev–Trinajstić information content (AvgIpc) is 3.17. The van der Waals surface area contributed by atoms with Gasteiger partial charge in [0.15, 0.2) is 0 Å². The van der Waals surface area contributed by atoms with Gasteiger partial charge >= 0.3 is 0 Å². The highest BCUT2D eigenvalue weighted by atomic mass is 35.5. The van der Waals surface area contributed by atoms with Crippen molar-refractivity contribution >= 4 is 29.2 Å². The van der Waals surface area contributed by atoms with Gasteiger partial charge in [0.05, 0.1) is 27.6 Å². The number of nitrogens with zero attached hydrogens (tertiary/aromatic N) is 6. The van der Waals surface area contributed by atoms with Crippen LogP contribution >= 0.6 is 23.2 Å². The maximum atomic E-state index is 13.8. The molecule has 4 aromatic rings. The third-order valence-corrected chi connectivity index (χ3v) is 4.81. The van der Waals surface area contributed by atoms with Crippen LogP contribution in [0.2, 0.25) is 10.0 Å². The van der Waals surface area contributed by atoms with E-state index in [1.807, 2.05) is 0 Å². The van der Waals surface area contributed by atoms with Gasteiger partial charge in [-0.25, -0.2) is 9.37 Å². The number of pyridine rings is 2. The molecule has 1 aromatic carbocycles. The first kappa shape index (κ1) is 19.2.